The molecule has 1 amide bonds. The van der Waals surface area contributed by atoms with Crippen molar-refractivity contribution in [1.29, 1.82) is 0 Å². The normalized spacial score (nSPS) is 19.1. The van der Waals surface area contributed by atoms with E-state index in [4.69, 9.17) is 0 Å². The zero-order valence-corrected chi connectivity index (χ0v) is 13.8. The van der Waals surface area contributed by atoms with Crippen molar-refractivity contribution in [3.63, 3.8) is 0 Å². The van der Waals surface area contributed by atoms with Crippen LogP contribution in [0.4, 0.5) is 0 Å². The summed E-state index contributed by atoms with van der Waals surface area (Å²) in [5, 5.41) is 3.19. The first kappa shape index (κ1) is 16.8. The molecule has 0 radical (unpaired) electrons. The van der Waals surface area contributed by atoms with E-state index >= 15 is 0 Å². The molecule has 0 aliphatic heterocycles. The topological polar surface area (TPSA) is 32.3 Å². The summed E-state index contributed by atoms with van der Waals surface area (Å²) < 4.78 is 0. The van der Waals surface area contributed by atoms with Gasteiger partial charge in [-0.05, 0) is 43.8 Å². The lowest BCUT2D eigenvalue weighted by molar-refractivity contribution is -0.126. The van der Waals surface area contributed by atoms with Crippen LogP contribution in [0, 0.1) is 5.92 Å². The number of allylic oxidation sites excluding steroid dienone is 2. The van der Waals surface area contributed by atoms with Crippen LogP contribution < -0.4 is 5.32 Å². The van der Waals surface area contributed by atoms with Crippen LogP contribution in [0.25, 0.3) is 0 Å². The minimum absolute atomic E-state index is 0.129. The summed E-state index contributed by atoms with van der Waals surface area (Å²) in [5.74, 6) is 0.714. The Morgan fingerprint density at radius 3 is 2.55 bits per heavy atom. The maximum absolute atomic E-state index is 12.8. The summed E-state index contributed by atoms with van der Waals surface area (Å²) in [7, 11) is 0. The Morgan fingerprint density at radius 2 is 1.95 bits per heavy atom. The minimum Gasteiger partial charge on any atom is -0.354 e. The maximum Gasteiger partial charge on any atom is 0.241 e. The molecular weight excluding hydrogens is 272 g/mol. The predicted molar refractivity (Wildman–Crippen MR) is 91.6 cm³/mol. The Balaban J connectivity index is 2.04. The molecule has 0 bridgehead atoms. The fourth-order valence-corrected chi connectivity index (χ4v) is 3.14. The van der Waals surface area contributed by atoms with E-state index < -0.39 is 0 Å². The predicted octanol–water partition coefficient (Wildman–Crippen LogP) is 3.54. The van der Waals surface area contributed by atoms with E-state index in [-0.39, 0.29) is 11.9 Å². The van der Waals surface area contributed by atoms with Gasteiger partial charge in [0.2, 0.25) is 5.91 Å². The third-order valence-corrected chi connectivity index (χ3v) is 4.48. The van der Waals surface area contributed by atoms with Crippen LogP contribution in [0.5, 0.6) is 0 Å². The standard InChI is InChI=1S/C19H28N2O/c1-3-21(4-2)18(17-13-9-6-10-14-17)19(22)20-15-16-11-7-5-8-12-16/h5-7,9-10,13-14,16,18H,3-4,8,11-12,15H2,1-2H3,(H,20,22). The highest BCUT2D eigenvalue weighted by atomic mass is 16.2. The van der Waals surface area contributed by atoms with Crippen molar-refractivity contribution in [1.82, 2.24) is 10.2 Å². The highest BCUT2D eigenvalue weighted by Gasteiger charge is 2.26. The Bertz CT molecular complexity index is 479. The van der Waals surface area contributed by atoms with E-state index in [1.54, 1.807) is 0 Å². The Kier molecular flexibility index (Phi) is 6.66. The van der Waals surface area contributed by atoms with Crippen LogP contribution in [0.15, 0.2) is 42.5 Å². The van der Waals surface area contributed by atoms with Crippen molar-refractivity contribution in [3.05, 3.63) is 48.0 Å². The zero-order valence-electron chi connectivity index (χ0n) is 13.8. The second kappa shape index (κ2) is 8.74. The van der Waals surface area contributed by atoms with E-state index in [0.717, 1.165) is 38.0 Å². The molecule has 0 heterocycles. The first-order valence-corrected chi connectivity index (χ1v) is 8.48. The average Bonchev–Trinajstić information content (AvgIpc) is 2.59. The van der Waals surface area contributed by atoms with E-state index in [1.807, 2.05) is 30.3 Å². The summed E-state index contributed by atoms with van der Waals surface area (Å²) in [6.07, 6.45) is 7.87. The van der Waals surface area contributed by atoms with Gasteiger partial charge in [0.15, 0.2) is 0 Å². The van der Waals surface area contributed by atoms with Crippen LogP contribution in [0.2, 0.25) is 0 Å². The van der Waals surface area contributed by atoms with Gasteiger partial charge in [-0.2, -0.15) is 0 Å². The zero-order chi connectivity index (χ0) is 15.8. The van der Waals surface area contributed by atoms with E-state index in [1.165, 1.54) is 6.42 Å². The molecule has 0 spiro atoms. The van der Waals surface area contributed by atoms with E-state index in [0.29, 0.717) is 5.92 Å². The van der Waals surface area contributed by atoms with Crippen molar-refractivity contribution < 1.29 is 4.79 Å². The average molecular weight is 300 g/mol. The molecule has 0 saturated heterocycles. The van der Waals surface area contributed by atoms with Gasteiger partial charge in [-0.15, -0.1) is 0 Å². The van der Waals surface area contributed by atoms with Gasteiger partial charge in [-0.1, -0.05) is 56.3 Å². The summed E-state index contributed by atoms with van der Waals surface area (Å²) in [5.41, 5.74) is 1.08. The van der Waals surface area contributed by atoms with Crippen molar-refractivity contribution in [2.24, 2.45) is 5.92 Å². The molecule has 3 nitrogen and oxygen atoms in total. The molecule has 1 N–H and O–H groups in total. The number of hydrogen-bond acceptors (Lipinski definition) is 2. The number of nitrogens with zero attached hydrogens (tertiary/aromatic N) is 1. The molecule has 0 aromatic heterocycles. The third kappa shape index (κ3) is 4.44. The first-order chi connectivity index (χ1) is 10.8. The molecular formula is C19H28N2O. The smallest absolute Gasteiger partial charge is 0.241 e. The molecule has 1 aromatic rings. The number of carbonyl (C=O) groups excluding carboxylic acids is 1. The van der Waals surface area contributed by atoms with Gasteiger partial charge < -0.3 is 5.32 Å². The number of likely N-dealkylation sites (N-methyl/N-ethyl adjacent to an activating group) is 1. The fourth-order valence-electron chi connectivity index (χ4n) is 3.14. The van der Waals surface area contributed by atoms with Gasteiger partial charge in [-0.3, -0.25) is 9.69 Å². The molecule has 2 atom stereocenters. The number of amides is 1. The molecule has 3 heteroatoms. The highest BCUT2D eigenvalue weighted by Crippen LogP contribution is 2.22. The molecule has 0 saturated carbocycles. The molecule has 1 aliphatic carbocycles. The largest absolute Gasteiger partial charge is 0.354 e. The molecule has 0 fully saturated rings. The number of carbonyl (C=O) groups is 1. The SMILES string of the molecule is CCN(CC)C(C(=O)NCC1CC=CCC1)c1ccccc1. The second-order valence-electron chi connectivity index (χ2n) is 5.93. The number of nitrogens with one attached hydrogen (secondary N) is 1. The van der Waals surface area contributed by atoms with E-state index in [2.05, 4.69) is 36.2 Å². The lowest BCUT2D eigenvalue weighted by atomic mass is 9.94. The molecule has 1 aromatic carbocycles. The monoisotopic (exact) mass is 300 g/mol. The van der Waals surface area contributed by atoms with E-state index in [9.17, 15) is 4.79 Å². The van der Waals surface area contributed by atoms with Gasteiger partial charge in [-0.25, -0.2) is 0 Å². The summed E-state index contributed by atoms with van der Waals surface area (Å²) in [4.78, 5) is 15.0. The molecule has 120 valence electrons. The molecule has 1 aliphatic rings. The Morgan fingerprint density at radius 1 is 1.23 bits per heavy atom. The first-order valence-electron chi connectivity index (χ1n) is 8.48. The van der Waals surface area contributed by atoms with Crippen LogP contribution in [-0.4, -0.2) is 30.4 Å². The maximum atomic E-state index is 12.8. The second-order valence-corrected chi connectivity index (χ2v) is 5.93. The lowest BCUT2D eigenvalue weighted by Gasteiger charge is -2.30. The van der Waals surface area contributed by atoms with Crippen LogP contribution in [0.3, 0.4) is 0 Å². The van der Waals surface area contributed by atoms with Crippen molar-refractivity contribution in [2.75, 3.05) is 19.6 Å². The van der Waals surface area contributed by atoms with Crippen molar-refractivity contribution in [3.8, 4) is 0 Å². The van der Waals surface area contributed by atoms with Crippen molar-refractivity contribution >= 4 is 5.91 Å². The Hall–Kier alpha value is -1.61. The van der Waals surface area contributed by atoms with Gasteiger partial charge in [0.1, 0.15) is 6.04 Å². The molecule has 2 rings (SSSR count). The quantitative estimate of drug-likeness (QED) is 0.781. The summed E-state index contributed by atoms with van der Waals surface area (Å²) >= 11 is 0. The third-order valence-electron chi connectivity index (χ3n) is 4.48. The Labute approximate surface area is 134 Å². The molecule has 22 heavy (non-hydrogen) atoms. The summed E-state index contributed by atoms with van der Waals surface area (Å²) in [6, 6.07) is 9.92. The molecule has 2 unspecified atom stereocenters. The summed E-state index contributed by atoms with van der Waals surface area (Å²) in [6.45, 7) is 6.75. The number of rotatable bonds is 7. The highest BCUT2D eigenvalue weighted by molar-refractivity contribution is 5.83. The van der Waals surface area contributed by atoms with Gasteiger partial charge >= 0.3 is 0 Å². The number of hydrogen-bond donors (Lipinski definition) is 1. The van der Waals surface area contributed by atoms with Crippen LogP contribution >= 0.6 is 0 Å². The van der Waals surface area contributed by atoms with Gasteiger partial charge in [0, 0.05) is 6.54 Å². The van der Waals surface area contributed by atoms with Crippen molar-refractivity contribution in [2.45, 2.75) is 39.2 Å². The van der Waals surface area contributed by atoms with Crippen LogP contribution in [-0.2, 0) is 4.79 Å². The van der Waals surface area contributed by atoms with Gasteiger partial charge in [0.25, 0.3) is 0 Å². The van der Waals surface area contributed by atoms with Crippen LogP contribution in [0.1, 0.15) is 44.7 Å². The number of benzene rings is 1. The van der Waals surface area contributed by atoms with Gasteiger partial charge in [0.05, 0.1) is 0 Å². The lowest BCUT2D eigenvalue weighted by Crippen LogP contribution is -2.42. The minimum atomic E-state index is -0.185. The fraction of sp³-hybridized carbons (Fsp3) is 0.526.